The summed E-state index contributed by atoms with van der Waals surface area (Å²) in [5.41, 5.74) is 1.01. The van der Waals surface area contributed by atoms with Crippen LogP contribution in [0.3, 0.4) is 0 Å². The monoisotopic (exact) mass is 255 g/mol. The molecule has 5 heteroatoms. The Balaban J connectivity index is 1.79. The van der Waals surface area contributed by atoms with Crippen molar-refractivity contribution >= 4 is 17.4 Å². The van der Waals surface area contributed by atoms with Crippen molar-refractivity contribution in [3.05, 3.63) is 17.0 Å². The molecule has 17 heavy (non-hydrogen) atoms. The van der Waals surface area contributed by atoms with Gasteiger partial charge in [-0.2, -0.15) is 0 Å². The SMILES string of the molecule is Cc1cnc(Cl)nc1NCCC1CCCCO1. The fourth-order valence-electron chi connectivity index (χ4n) is 1.99. The van der Waals surface area contributed by atoms with Gasteiger partial charge in [-0.15, -0.1) is 0 Å². The summed E-state index contributed by atoms with van der Waals surface area (Å²) in [7, 11) is 0. The number of aromatic nitrogens is 2. The molecule has 0 spiro atoms. The normalized spacial score (nSPS) is 20.2. The molecule has 0 aliphatic carbocycles. The van der Waals surface area contributed by atoms with Gasteiger partial charge in [-0.05, 0) is 44.2 Å². The molecule has 1 aromatic rings. The predicted molar refractivity (Wildman–Crippen MR) is 68.5 cm³/mol. The summed E-state index contributed by atoms with van der Waals surface area (Å²) in [5.74, 6) is 0.820. The van der Waals surface area contributed by atoms with Crippen LogP contribution in [0, 0.1) is 6.92 Å². The lowest BCUT2D eigenvalue weighted by Crippen LogP contribution is -2.22. The van der Waals surface area contributed by atoms with E-state index in [1.807, 2.05) is 6.92 Å². The molecule has 1 fully saturated rings. The van der Waals surface area contributed by atoms with Gasteiger partial charge in [-0.25, -0.2) is 9.97 Å². The maximum absolute atomic E-state index is 5.76. The first-order chi connectivity index (χ1) is 8.25. The lowest BCUT2D eigenvalue weighted by molar-refractivity contribution is 0.0134. The van der Waals surface area contributed by atoms with Crippen LogP contribution in [0.1, 0.15) is 31.2 Å². The van der Waals surface area contributed by atoms with E-state index in [-0.39, 0.29) is 5.28 Å². The number of ether oxygens (including phenoxy) is 1. The van der Waals surface area contributed by atoms with Crippen molar-refractivity contribution < 1.29 is 4.74 Å². The molecule has 1 aromatic heterocycles. The fourth-order valence-corrected chi connectivity index (χ4v) is 2.12. The van der Waals surface area contributed by atoms with Gasteiger partial charge in [0.05, 0.1) is 6.10 Å². The van der Waals surface area contributed by atoms with E-state index in [4.69, 9.17) is 16.3 Å². The fraction of sp³-hybridized carbons (Fsp3) is 0.667. The van der Waals surface area contributed by atoms with Crippen LogP contribution in [-0.4, -0.2) is 29.2 Å². The molecule has 0 saturated carbocycles. The van der Waals surface area contributed by atoms with Gasteiger partial charge in [0.15, 0.2) is 0 Å². The molecule has 0 bridgehead atoms. The number of halogens is 1. The third-order valence-electron chi connectivity index (χ3n) is 2.98. The molecule has 0 radical (unpaired) electrons. The summed E-state index contributed by atoms with van der Waals surface area (Å²) in [4.78, 5) is 8.08. The van der Waals surface area contributed by atoms with Crippen LogP contribution in [0.25, 0.3) is 0 Å². The zero-order valence-electron chi connectivity index (χ0n) is 10.1. The van der Waals surface area contributed by atoms with E-state index in [0.717, 1.165) is 31.0 Å². The van der Waals surface area contributed by atoms with Gasteiger partial charge in [0.25, 0.3) is 0 Å². The zero-order valence-corrected chi connectivity index (χ0v) is 10.8. The average molecular weight is 256 g/mol. The first kappa shape index (κ1) is 12.6. The Morgan fingerprint density at radius 2 is 2.41 bits per heavy atom. The highest BCUT2D eigenvalue weighted by Gasteiger charge is 2.13. The molecule has 0 aromatic carbocycles. The van der Waals surface area contributed by atoms with Crippen LogP contribution in [0.5, 0.6) is 0 Å². The highest BCUT2D eigenvalue weighted by Crippen LogP contribution is 2.17. The standard InChI is InChI=1S/C12H18ClN3O/c1-9-8-15-12(13)16-11(9)14-6-5-10-4-2-3-7-17-10/h8,10H,2-7H2,1H3,(H,14,15,16). The quantitative estimate of drug-likeness (QED) is 0.841. The van der Waals surface area contributed by atoms with Crippen molar-refractivity contribution in [1.29, 1.82) is 0 Å². The molecule has 2 rings (SSSR count). The largest absolute Gasteiger partial charge is 0.378 e. The van der Waals surface area contributed by atoms with Gasteiger partial charge in [-0.3, -0.25) is 0 Å². The Morgan fingerprint density at radius 1 is 1.53 bits per heavy atom. The minimum absolute atomic E-state index is 0.284. The predicted octanol–water partition coefficient (Wildman–Crippen LogP) is 2.81. The number of anilines is 1. The maximum Gasteiger partial charge on any atom is 0.224 e. The van der Waals surface area contributed by atoms with Crippen LogP contribution in [0.4, 0.5) is 5.82 Å². The van der Waals surface area contributed by atoms with Gasteiger partial charge < -0.3 is 10.1 Å². The van der Waals surface area contributed by atoms with Crippen molar-refractivity contribution in [3.63, 3.8) is 0 Å². The summed E-state index contributed by atoms with van der Waals surface area (Å²) in [6.45, 7) is 3.73. The summed E-state index contributed by atoms with van der Waals surface area (Å²) >= 11 is 5.76. The number of rotatable bonds is 4. The topological polar surface area (TPSA) is 47.0 Å². The molecule has 1 saturated heterocycles. The maximum atomic E-state index is 5.76. The highest BCUT2D eigenvalue weighted by molar-refractivity contribution is 6.28. The van der Waals surface area contributed by atoms with Gasteiger partial charge in [0, 0.05) is 24.9 Å². The molecule has 94 valence electrons. The minimum Gasteiger partial charge on any atom is -0.378 e. The summed E-state index contributed by atoms with van der Waals surface area (Å²) in [5, 5.41) is 3.57. The molecule has 0 amide bonds. The van der Waals surface area contributed by atoms with Crippen LogP contribution < -0.4 is 5.32 Å². The van der Waals surface area contributed by atoms with Crippen LogP contribution in [-0.2, 0) is 4.74 Å². The van der Waals surface area contributed by atoms with E-state index in [9.17, 15) is 0 Å². The Labute approximate surface area is 107 Å². The molecule has 1 unspecified atom stereocenters. The third kappa shape index (κ3) is 3.82. The first-order valence-electron chi connectivity index (χ1n) is 6.10. The van der Waals surface area contributed by atoms with E-state index in [1.165, 1.54) is 19.3 Å². The number of aryl methyl sites for hydroxylation is 1. The van der Waals surface area contributed by atoms with Crippen LogP contribution >= 0.6 is 11.6 Å². The number of hydrogen-bond acceptors (Lipinski definition) is 4. The lowest BCUT2D eigenvalue weighted by Gasteiger charge is -2.22. The number of nitrogens with zero attached hydrogens (tertiary/aromatic N) is 2. The number of hydrogen-bond donors (Lipinski definition) is 1. The van der Waals surface area contributed by atoms with Crippen molar-refractivity contribution in [2.75, 3.05) is 18.5 Å². The molecular weight excluding hydrogens is 238 g/mol. The molecule has 4 nitrogen and oxygen atoms in total. The second kappa shape index (κ2) is 6.17. The smallest absolute Gasteiger partial charge is 0.224 e. The average Bonchev–Trinajstić information content (AvgIpc) is 2.35. The first-order valence-corrected chi connectivity index (χ1v) is 6.48. The molecule has 1 aliphatic heterocycles. The van der Waals surface area contributed by atoms with Crippen molar-refractivity contribution in [2.45, 2.75) is 38.7 Å². The molecular formula is C12H18ClN3O. The van der Waals surface area contributed by atoms with Crippen LogP contribution in [0.15, 0.2) is 6.20 Å². The Hall–Kier alpha value is -0.870. The highest BCUT2D eigenvalue weighted by atomic mass is 35.5. The summed E-state index contributed by atoms with van der Waals surface area (Å²) < 4.78 is 5.67. The van der Waals surface area contributed by atoms with Crippen molar-refractivity contribution in [3.8, 4) is 0 Å². The second-order valence-electron chi connectivity index (χ2n) is 4.37. The van der Waals surface area contributed by atoms with E-state index in [2.05, 4.69) is 15.3 Å². The van der Waals surface area contributed by atoms with E-state index >= 15 is 0 Å². The third-order valence-corrected chi connectivity index (χ3v) is 3.16. The summed E-state index contributed by atoms with van der Waals surface area (Å²) in [6, 6.07) is 0. The Morgan fingerprint density at radius 3 is 3.18 bits per heavy atom. The van der Waals surface area contributed by atoms with Crippen molar-refractivity contribution in [2.24, 2.45) is 0 Å². The van der Waals surface area contributed by atoms with E-state index in [0.29, 0.717) is 6.10 Å². The second-order valence-corrected chi connectivity index (χ2v) is 4.71. The van der Waals surface area contributed by atoms with Gasteiger partial charge >= 0.3 is 0 Å². The Kier molecular flexibility index (Phi) is 4.57. The van der Waals surface area contributed by atoms with E-state index in [1.54, 1.807) is 6.20 Å². The van der Waals surface area contributed by atoms with Gasteiger partial charge in [-0.1, -0.05) is 0 Å². The van der Waals surface area contributed by atoms with E-state index < -0.39 is 0 Å². The van der Waals surface area contributed by atoms with Gasteiger partial charge in [0.1, 0.15) is 5.82 Å². The zero-order chi connectivity index (χ0) is 12.1. The molecule has 1 aliphatic rings. The number of nitrogens with one attached hydrogen (secondary N) is 1. The Bertz CT molecular complexity index is 367. The minimum atomic E-state index is 0.284. The summed E-state index contributed by atoms with van der Waals surface area (Å²) in [6.07, 6.45) is 6.79. The van der Waals surface area contributed by atoms with Gasteiger partial charge in [0.2, 0.25) is 5.28 Å². The van der Waals surface area contributed by atoms with Crippen molar-refractivity contribution in [1.82, 2.24) is 9.97 Å². The van der Waals surface area contributed by atoms with Crippen LogP contribution in [0.2, 0.25) is 5.28 Å². The molecule has 2 heterocycles. The lowest BCUT2D eigenvalue weighted by atomic mass is 10.1. The molecule has 1 atom stereocenters. The molecule has 1 N–H and O–H groups in total.